The SMILES string of the molecule is CN(C)C(CO)COCCO. The highest BCUT2D eigenvalue weighted by molar-refractivity contribution is 4.62. The van der Waals surface area contributed by atoms with Crippen molar-refractivity contribution in [3.63, 3.8) is 0 Å². The molecule has 0 radical (unpaired) electrons. The van der Waals surface area contributed by atoms with E-state index >= 15 is 0 Å². The standard InChI is InChI=1S/C7H17NO3/c1-8(2)7(5-10)6-11-4-3-9/h7,9-10H,3-6H2,1-2H3. The summed E-state index contributed by atoms with van der Waals surface area (Å²) in [7, 11) is 3.76. The van der Waals surface area contributed by atoms with E-state index in [1.807, 2.05) is 19.0 Å². The Kier molecular flexibility index (Phi) is 6.45. The topological polar surface area (TPSA) is 52.9 Å². The van der Waals surface area contributed by atoms with Crippen LogP contribution in [-0.4, -0.2) is 61.7 Å². The maximum atomic E-state index is 8.81. The molecular formula is C7H17NO3. The summed E-state index contributed by atoms with van der Waals surface area (Å²) in [6, 6.07) is 0.0292. The van der Waals surface area contributed by atoms with Gasteiger partial charge in [-0.2, -0.15) is 0 Å². The molecule has 0 bridgehead atoms. The van der Waals surface area contributed by atoms with Crippen molar-refractivity contribution in [2.24, 2.45) is 0 Å². The molecule has 4 heteroatoms. The first-order chi connectivity index (χ1) is 5.22. The number of hydrogen-bond acceptors (Lipinski definition) is 4. The fourth-order valence-corrected chi connectivity index (χ4v) is 0.649. The zero-order valence-electron chi connectivity index (χ0n) is 7.16. The Morgan fingerprint density at radius 3 is 2.36 bits per heavy atom. The van der Waals surface area contributed by atoms with Gasteiger partial charge in [0.2, 0.25) is 0 Å². The Balaban J connectivity index is 3.36. The van der Waals surface area contributed by atoms with Gasteiger partial charge in [-0.25, -0.2) is 0 Å². The van der Waals surface area contributed by atoms with Crippen LogP contribution in [0.25, 0.3) is 0 Å². The normalized spacial score (nSPS) is 13.9. The van der Waals surface area contributed by atoms with Gasteiger partial charge in [0, 0.05) is 0 Å². The summed E-state index contributed by atoms with van der Waals surface area (Å²) < 4.78 is 5.05. The van der Waals surface area contributed by atoms with Crippen molar-refractivity contribution in [3.05, 3.63) is 0 Å². The number of aliphatic hydroxyl groups excluding tert-OH is 2. The molecule has 0 aromatic heterocycles. The molecule has 0 aromatic carbocycles. The van der Waals surface area contributed by atoms with E-state index in [2.05, 4.69) is 0 Å². The van der Waals surface area contributed by atoms with Gasteiger partial charge in [0.1, 0.15) is 0 Å². The lowest BCUT2D eigenvalue weighted by Crippen LogP contribution is -2.35. The molecule has 0 aromatic rings. The van der Waals surface area contributed by atoms with Crippen LogP contribution in [0, 0.1) is 0 Å². The highest BCUT2D eigenvalue weighted by atomic mass is 16.5. The Hall–Kier alpha value is -0.160. The van der Waals surface area contributed by atoms with Crippen molar-refractivity contribution in [3.8, 4) is 0 Å². The van der Waals surface area contributed by atoms with Crippen LogP contribution in [0.3, 0.4) is 0 Å². The molecule has 11 heavy (non-hydrogen) atoms. The Morgan fingerprint density at radius 1 is 1.36 bits per heavy atom. The molecule has 2 N–H and O–H groups in total. The van der Waals surface area contributed by atoms with Gasteiger partial charge in [0.05, 0.1) is 32.5 Å². The van der Waals surface area contributed by atoms with Crippen LogP contribution in [0.5, 0.6) is 0 Å². The molecule has 0 saturated heterocycles. The third-order valence-electron chi connectivity index (χ3n) is 1.49. The molecular weight excluding hydrogens is 146 g/mol. The van der Waals surface area contributed by atoms with Crippen LogP contribution >= 0.6 is 0 Å². The van der Waals surface area contributed by atoms with Crippen molar-refractivity contribution in [1.29, 1.82) is 0 Å². The minimum Gasteiger partial charge on any atom is -0.395 e. The molecule has 68 valence electrons. The molecule has 1 atom stereocenters. The van der Waals surface area contributed by atoms with Crippen LogP contribution in [0.1, 0.15) is 0 Å². The summed E-state index contributed by atoms with van der Waals surface area (Å²) in [5, 5.41) is 17.2. The zero-order valence-corrected chi connectivity index (χ0v) is 7.16. The Labute approximate surface area is 67.4 Å². The molecule has 0 fully saturated rings. The smallest absolute Gasteiger partial charge is 0.0698 e. The number of ether oxygens (including phenoxy) is 1. The van der Waals surface area contributed by atoms with Crippen LogP contribution in [0.4, 0.5) is 0 Å². The lowest BCUT2D eigenvalue weighted by atomic mass is 10.3. The van der Waals surface area contributed by atoms with Crippen molar-refractivity contribution < 1.29 is 14.9 Å². The summed E-state index contributed by atoms with van der Waals surface area (Å²) in [6.07, 6.45) is 0. The number of rotatable bonds is 6. The largest absolute Gasteiger partial charge is 0.395 e. The molecule has 0 aliphatic heterocycles. The Bertz CT molecular complexity index is 87.8. The van der Waals surface area contributed by atoms with Crippen molar-refractivity contribution in [2.45, 2.75) is 6.04 Å². The summed E-state index contributed by atoms with van der Waals surface area (Å²) in [5.41, 5.74) is 0. The third-order valence-corrected chi connectivity index (χ3v) is 1.49. The average molecular weight is 163 g/mol. The highest BCUT2D eigenvalue weighted by Crippen LogP contribution is 1.92. The van der Waals surface area contributed by atoms with Crippen LogP contribution in [0.2, 0.25) is 0 Å². The minimum absolute atomic E-state index is 0.0292. The van der Waals surface area contributed by atoms with E-state index in [0.29, 0.717) is 13.2 Å². The number of aliphatic hydroxyl groups is 2. The van der Waals surface area contributed by atoms with Crippen molar-refractivity contribution >= 4 is 0 Å². The predicted molar refractivity (Wildman–Crippen MR) is 42.5 cm³/mol. The monoisotopic (exact) mass is 163 g/mol. The average Bonchev–Trinajstić information content (AvgIpc) is 1.97. The van der Waals surface area contributed by atoms with E-state index in [0.717, 1.165) is 0 Å². The summed E-state index contributed by atoms with van der Waals surface area (Å²) in [6.45, 7) is 0.915. The van der Waals surface area contributed by atoms with E-state index < -0.39 is 0 Å². The lowest BCUT2D eigenvalue weighted by Gasteiger charge is -2.21. The van der Waals surface area contributed by atoms with E-state index in [4.69, 9.17) is 14.9 Å². The van der Waals surface area contributed by atoms with E-state index in [1.165, 1.54) is 0 Å². The Morgan fingerprint density at radius 2 is 2.00 bits per heavy atom. The molecule has 0 heterocycles. The van der Waals surface area contributed by atoms with Gasteiger partial charge in [0.25, 0.3) is 0 Å². The maximum absolute atomic E-state index is 8.81. The van der Waals surface area contributed by atoms with Gasteiger partial charge in [0.15, 0.2) is 0 Å². The third kappa shape index (κ3) is 5.15. The van der Waals surface area contributed by atoms with Gasteiger partial charge in [-0.1, -0.05) is 0 Å². The van der Waals surface area contributed by atoms with Crippen LogP contribution in [-0.2, 0) is 4.74 Å². The second kappa shape index (κ2) is 6.54. The number of hydrogen-bond donors (Lipinski definition) is 2. The summed E-state index contributed by atoms with van der Waals surface area (Å²) in [4.78, 5) is 1.89. The van der Waals surface area contributed by atoms with Gasteiger partial charge >= 0.3 is 0 Å². The molecule has 0 spiro atoms. The first kappa shape index (κ1) is 10.8. The van der Waals surface area contributed by atoms with E-state index in [9.17, 15) is 0 Å². The fraction of sp³-hybridized carbons (Fsp3) is 1.00. The van der Waals surface area contributed by atoms with Gasteiger partial charge in [-0.05, 0) is 14.1 Å². The number of nitrogens with zero attached hydrogens (tertiary/aromatic N) is 1. The predicted octanol–water partition coefficient (Wildman–Crippen LogP) is -1.08. The van der Waals surface area contributed by atoms with Crippen molar-refractivity contribution in [1.82, 2.24) is 4.90 Å². The summed E-state index contributed by atoms with van der Waals surface area (Å²) >= 11 is 0. The van der Waals surface area contributed by atoms with Crippen molar-refractivity contribution in [2.75, 3.05) is 40.5 Å². The van der Waals surface area contributed by atoms with E-state index in [-0.39, 0.29) is 19.3 Å². The maximum Gasteiger partial charge on any atom is 0.0698 e. The lowest BCUT2D eigenvalue weighted by molar-refractivity contribution is 0.0345. The first-order valence-corrected chi connectivity index (χ1v) is 3.68. The molecule has 1 unspecified atom stereocenters. The first-order valence-electron chi connectivity index (χ1n) is 3.68. The fourth-order valence-electron chi connectivity index (χ4n) is 0.649. The second-order valence-electron chi connectivity index (χ2n) is 2.60. The molecule has 0 amide bonds. The molecule has 0 aliphatic carbocycles. The molecule has 4 nitrogen and oxygen atoms in total. The zero-order chi connectivity index (χ0) is 8.69. The minimum atomic E-state index is 0.0292. The van der Waals surface area contributed by atoms with E-state index in [1.54, 1.807) is 0 Å². The molecule has 0 saturated carbocycles. The quantitative estimate of drug-likeness (QED) is 0.489. The van der Waals surface area contributed by atoms with Gasteiger partial charge < -0.3 is 19.8 Å². The molecule has 0 rings (SSSR count). The van der Waals surface area contributed by atoms with Crippen LogP contribution in [0.15, 0.2) is 0 Å². The van der Waals surface area contributed by atoms with Gasteiger partial charge in [-0.3, -0.25) is 0 Å². The summed E-state index contributed by atoms with van der Waals surface area (Å²) in [5.74, 6) is 0. The highest BCUT2D eigenvalue weighted by Gasteiger charge is 2.08. The number of likely N-dealkylation sites (N-methyl/N-ethyl adjacent to an activating group) is 1. The van der Waals surface area contributed by atoms with Crippen LogP contribution < -0.4 is 0 Å². The molecule has 0 aliphatic rings. The second-order valence-corrected chi connectivity index (χ2v) is 2.60. The van der Waals surface area contributed by atoms with Gasteiger partial charge in [-0.15, -0.1) is 0 Å².